The lowest BCUT2D eigenvalue weighted by Gasteiger charge is -2.37. The molecule has 4 rings (SSSR count). The number of carbonyl (C=O) groups is 4. The zero-order valence-electron chi connectivity index (χ0n) is 26.8. The maximum absolute atomic E-state index is 14.4. The number of amides is 3. The minimum Gasteiger partial charge on any atom is -0.463 e. The van der Waals surface area contributed by atoms with Crippen LogP contribution >= 0.6 is 15.9 Å². The van der Waals surface area contributed by atoms with Crippen LogP contribution in [0.5, 0.6) is 0 Å². The third-order valence-corrected chi connectivity index (χ3v) is 10.2. The number of nitrogens with one attached hydrogen (secondary N) is 1. The Morgan fingerprint density at radius 2 is 1.96 bits per heavy atom. The zero-order chi connectivity index (χ0) is 33.3. The first-order chi connectivity index (χ1) is 22.2. The molecule has 2 N–H and O–H groups in total. The van der Waals surface area contributed by atoms with Gasteiger partial charge in [-0.15, -0.1) is 13.2 Å². The molecule has 0 saturated carbocycles. The molecule has 3 saturated heterocycles. The average Bonchev–Trinajstić information content (AvgIpc) is 3.65. The molecule has 0 aliphatic carbocycles. The molecule has 7 atom stereocenters. The van der Waals surface area contributed by atoms with E-state index < -0.39 is 41.6 Å². The second kappa shape index (κ2) is 16.7. The van der Waals surface area contributed by atoms with E-state index in [4.69, 9.17) is 9.47 Å². The Bertz CT molecular complexity index is 1250. The maximum atomic E-state index is 14.4. The lowest BCUT2D eigenvalue weighted by Crippen LogP contribution is -2.57. The number of allylic oxidation sites excluding steroid dienone is 1. The van der Waals surface area contributed by atoms with Crippen LogP contribution in [0.25, 0.3) is 0 Å². The summed E-state index contributed by atoms with van der Waals surface area (Å²) in [5.41, 5.74) is -0.428. The first-order valence-electron chi connectivity index (χ1n) is 16.5. The van der Waals surface area contributed by atoms with Crippen molar-refractivity contribution in [1.29, 1.82) is 0 Å². The monoisotopic (exact) mass is 701 g/mol. The van der Waals surface area contributed by atoms with E-state index in [-0.39, 0.29) is 48.7 Å². The molecule has 0 aromatic heterocycles. The summed E-state index contributed by atoms with van der Waals surface area (Å²) in [4.78, 5) is 58.4. The van der Waals surface area contributed by atoms with Gasteiger partial charge in [-0.3, -0.25) is 19.2 Å². The smallest absolute Gasteiger partial charge is 0.306 e. The van der Waals surface area contributed by atoms with Crippen molar-refractivity contribution in [2.45, 2.75) is 86.9 Å². The van der Waals surface area contributed by atoms with Gasteiger partial charge >= 0.3 is 5.97 Å². The van der Waals surface area contributed by atoms with E-state index in [2.05, 4.69) is 41.3 Å². The van der Waals surface area contributed by atoms with Gasteiger partial charge in [0.2, 0.25) is 17.7 Å². The topological polar surface area (TPSA) is 125 Å². The minimum absolute atomic E-state index is 0.0268. The van der Waals surface area contributed by atoms with Gasteiger partial charge in [-0.25, -0.2) is 0 Å². The predicted molar refractivity (Wildman–Crippen MR) is 178 cm³/mol. The quantitative estimate of drug-likeness (QED) is 0.0964. The van der Waals surface area contributed by atoms with E-state index in [9.17, 15) is 24.3 Å². The van der Waals surface area contributed by atoms with E-state index in [1.807, 2.05) is 30.3 Å². The zero-order valence-corrected chi connectivity index (χ0v) is 28.4. The Morgan fingerprint density at radius 3 is 2.63 bits per heavy atom. The molecular weight excluding hydrogens is 654 g/mol. The molecule has 3 aliphatic heterocycles. The number of carbonyl (C=O) groups excluding carboxylic acids is 4. The van der Waals surface area contributed by atoms with Crippen molar-refractivity contribution >= 4 is 39.6 Å². The van der Waals surface area contributed by atoms with Gasteiger partial charge in [0, 0.05) is 37.5 Å². The molecule has 11 heteroatoms. The van der Waals surface area contributed by atoms with Gasteiger partial charge in [-0.2, -0.15) is 0 Å². The fourth-order valence-electron chi connectivity index (χ4n) is 7.16. The Morgan fingerprint density at radius 1 is 1.20 bits per heavy atom. The van der Waals surface area contributed by atoms with Crippen molar-refractivity contribution < 1.29 is 33.8 Å². The second-order valence-corrected chi connectivity index (χ2v) is 13.6. The molecule has 1 unspecified atom stereocenters. The molecular formula is C35H48BrN3O7. The molecule has 1 aromatic rings. The normalized spacial score (nSPS) is 26.8. The molecule has 2 bridgehead atoms. The van der Waals surface area contributed by atoms with E-state index in [1.54, 1.807) is 22.0 Å². The van der Waals surface area contributed by atoms with Crippen molar-refractivity contribution in [3.63, 3.8) is 0 Å². The number of ether oxygens (including phenoxy) is 2. The summed E-state index contributed by atoms with van der Waals surface area (Å²) in [6.45, 7) is 10.6. The highest BCUT2D eigenvalue weighted by molar-refractivity contribution is 9.09. The number of nitrogens with zero attached hydrogens (tertiary/aromatic N) is 2. The van der Waals surface area contributed by atoms with E-state index in [0.29, 0.717) is 38.8 Å². The summed E-state index contributed by atoms with van der Waals surface area (Å²) in [6.07, 6.45) is 7.58. The van der Waals surface area contributed by atoms with Crippen LogP contribution in [0.4, 0.5) is 0 Å². The summed E-state index contributed by atoms with van der Waals surface area (Å²) in [5, 5.41) is 12.5. The van der Waals surface area contributed by atoms with Gasteiger partial charge in [0.15, 0.2) is 0 Å². The Labute approximate surface area is 280 Å². The number of hydrogen-bond donors (Lipinski definition) is 2. The van der Waals surface area contributed by atoms with Crippen LogP contribution in [0.3, 0.4) is 0 Å². The summed E-state index contributed by atoms with van der Waals surface area (Å²) in [6, 6.07) is 7.69. The third-order valence-electron chi connectivity index (χ3n) is 9.31. The first-order valence-corrected chi connectivity index (χ1v) is 17.4. The van der Waals surface area contributed by atoms with Crippen molar-refractivity contribution in [2.24, 2.45) is 11.8 Å². The number of likely N-dealkylation sites (tertiary alicyclic amines) is 1. The van der Waals surface area contributed by atoms with Crippen molar-refractivity contribution in [3.8, 4) is 0 Å². The molecule has 1 aromatic carbocycles. The van der Waals surface area contributed by atoms with Crippen LogP contribution in [0, 0.1) is 11.8 Å². The number of alkyl halides is 1. The van der Waals surface area contributed by atoms with Gasteiger partial charge < -0.3 is 29.7 Å². The minimum atomic E-state index is -1.18. The van der Waals surface area contributed by atoms with Crippen LogP contribution in [0.15, 0.2) is 55.6 Å². The molecule has 46 heavy (non-hydrogen) atoms. The highest BCUT2D eigenvalue weighted by Gasteiger charge is 2.76. The number of halogens is 1. The number of fused-ring (bicyclic) bond motifs is 1. The molecule has 3 aliphatic rings. The number of esters is 1. The van der Waals surface area contributed by atoms with Crippen LogP contribution < -0.4 is 5.32 Å². The Balaban J connectivity index is 1.64. The van der Waals surface area contributed by atoms with Crippen LogP contribution in [-0.4, -0.2) is 94.0 Å². The summed E-state index contributed by atoms with van der Waals surface area (Å²) in [5.74, 6) is -2.99. The van der Waals surface area contributed by atoms with Gasteiger partial charge in [0.25, 0.3) is 0 Å². The second-order valence-electron chi connectivity index (χ2n) is 12.4. The fourth-order valence-corrected chi connectivity index (χ4v) is 8.10. The molecule has 3 fully saturated rings. The Kier molecular flexibility index (Phi) is 13.0. The molecule has 3 amide bonds. The Hall–Kier alpha value is -3.02. The number of benzene rings is 1. The number of unbranched alkanes of at least 4 members (excludes halogenated alkanes) is 3. The summed E-state index contributed by atoms with van der Waals surface area (Å²) < 4.78 is 12.2. The first kappa shape index (κ1) is 35.8. The molecule has 1 spiro atoms. The van der Waals surface area contributed by atoms with E-state index >= 15 is 0 Å². The van der Waals surface area contributed by atoms with Gasteiger partial charge in [0.1, 0.15) is 18.2 Å². The molecule has 0 radical (unpaired) electrons. The summed E-state index contributed by atoms with van der Waals surface area (Å²) in [7, 11) is 0. The standard InChI is InChI=1S/C35H48BrN3O7/c1-4-7-12-19-38(18-6-3)34(44)31-35-22-25(36)30(46-35)28(29(35)33(43)39(31)20-13-14-21-40)32(42)37-26(24-15-10-9-11-16-24)23-45-27(41)17-8-5-2/h5-6,9-11,15-16,25-26,28-31,40H,2-4,7-8,12-14,17-23H2,1H3,(H,37,42)/t25?,26-,28-,29+,30-,31-,35+/m0/s1. The van der Waals surface area contributed by atoms with Crippen molar-refractivity contribution in [1.82, 2.24) is 15.1 Å². The molecule has 252 valence electrons. The van der Waals surface area contributed by atoms with Crippen LogP contribution in [0.1, 0.15) is 69.9 Å². The van der Waals surface area contributed by atoms with E-state index in [0.717, 1.165) is 24.8 Å². The van der Waals surface area contributed by atoms with Gasteiger partial charge in [-0.05, 0) is 37.7 Å². The SMILES string of the molecule is C=CCCC(=O)OC[C@H](NC(=O)[C@@H]1[C@H]2O[C@@]3(CC2Br)[C@H](C(=O)N(CC=C)CCCCC)N(CCCCO)C(=O)[C@@H]13)c1ccccc1. The van der Waals surface area contributed by atoms with E-state index in [1.165, 1.54) is 0 Å². The molecule has 10 nitrogen and oxygen atoms in total. The number of aliphatic hydroxyl groups is 1. The highest BCUT2D eigenvalue weighted by atomic mass is 79.9. The lowest BCUT2D eigenvalue weighted by molar-refractivity contribution is -0.148. The third kappa shape index (κ3) is 7.58. The van der Waals surface area contributed by atoms with Crippen LogP contribution in [-0.2, 0) is 28.7 Å². The van der Waals surface area contributed by atoms with Gasteiger partial charge in [-0.1, -0.05) is 78.2 Å². The number of aliphatic hydroxyl groups excluding tert-OH is 1. The number of hydrogen-bond acceptors (Lipinski definition) is 7. The largest absolute Gasteiger partial charge is 0.463 e. The van der Waals surface area contributed by atoms with Crippen LogP contribution in [0.2, 0.25) is 0 Å². The fraction of sp³-hybridized carbons (Fsp3) is 0.600. The lowest BCUT2D eigenvalue weighted by atomic mass is 9.70. The predicted octanol–water partition coefficient (Wildman–Crippen LogP) is 4.08. The maximum Gasteiger partial charge on any atom is 0.306 e. The van der Waals surface area contributed by atoms with Crippen molar-refractivity contribution in [3.05, 3.63) is 61.2 Å². The number of rotatable bonds is 19. The van der Waals surface area contributed by atoms with Gasteiger partial charge in [0.05, 0.1) is 24.0 Å². The molecule has 3 heterocycles. The highest BCUT2D eigenvalue weighted by Crippen LogP contribution is 2.60. The summed E-state index contributed by atoms with van der Waals surface area (Å²) >= 11 is 3.73. The average molecular weight is 703 g/mol. The van der Waals surface area contributed by atoms with Crippen molar-refractivity contribution in [2.75, 3.05) is 32.8 Å².